The molecule has 2 amide bonds. The summed E-state index contributed by atoms with van der Waals surface area (Å²) in [4.78, 5) is 25.3. The first-order chi connectivity index (χ1) is 10.6. The molecule has 1 rings (SSSR count). The van der Waals surface area contributed by atoms with Crippen LogP contribution in [0.15, 0.2) is 29.2 Å². The molecule has 1 aromatic rings. The zero-order valence-electron chi connectivity index (χ0n) is 14.0. The molecule has 1 N–H and O–H groups in total. The predicted octanol–water partition coefficient (Wildman–Crippen LogP) is 0.534. The first kappa shape index (κ1) is 19.1. The number of likely N-dealkylation sites (N-methyl/N-ethyl adjacent to an activating group) is 1. The molecular formula is C15H23N3O4S. The van der Waals surface area contributed by atoms with Crippen molar-refractivity contribution in [2.75, 3.05) is 27.7 Å². The molecule has 23 heavy (non-hydrogen) atoms. The summed E-state index contributed by atoms with van der Waals surface area (Å²) < 4.78 is 25.3. The molecule has 7 nitrogen and oxygen atoms in total. The number of rotatable bonds is 6. The SMILES string of the molecule is CC(C)NC(=O)CN(C)C(=O)c1cccc(S(=O)(=O)N(C)C)c1. The van der Waals surface area contributed by atoms with Gasteiger partial charge in [-0.15, -0.1) is 0 Å². The quantitative estimate of drug-likeness (QED) is 0.818. The van der Waals surface area contributed by atoms with E-state index < -0.39 is 15.9 Å². The van der Waals surface area contributed by atoms with Gasteiger partial charge in [0.05, 0.1) is 11.4 Å². The van der Waals surface area contributed by atoms with Gasteiger partial charge in [0.15, 0.2) is 0 Å². The highest BCUT2D eigenvalue weighted by molar-refractivity contribution is 7.89. The van der Waals surface area contributed by atoms with Crippen molar-refractivity contribution in [1.82, 2.24) is 14.5 Å². The molecule has 128 valence electrons. The summed E-state index contributed by atoms with van der Waals surface area (Å²) >= 11 is 0. The maximum atomic E-state index is 12.4. The Balaban J connectivity index is 2.95. The van der Waals surface area contributed by atoms with E-state index in [1.165, 1.54) is 50.3 Å². The lowest BCUT2D eigenvalue weighted by molar-refractivity contribution is -0.122. The Hall–Kier alpha value is -1.93. The lowest BCUT2D eigenvalue weighted by atomic mass is 10.2. The van der Waals surface area contributed by atoms with Crippen molar-refractivity contribution in [3.8, 4) is 0 Å². The fourth-order valence-electron chi connectivity index (χ4n) is 1.88. The third-order valence-corrected chi connectivity index (χ3v) is 4.85. The molecule has 0 heterocycles. The van der Waals surface area contributed by atoms with Gasteiger partial charge in [0, 0.05) is 32.7 Å². The Bertz CT molecular complexity index is 684. The van der Waals surface area contributed by atoms with E-state index in [-0.39, 0.29) is 29.0 Å². The van der Waals surface area contributed by atoms with Crippen LogP contribution < -0.4 is 5.32 Å². The topological polar surface area (TPSA) is 86.8 Å². The molecule has 0 aromatic heterocycles. The smallest absolute Gasteiger partial charge is 0.254 e. The summed E-state index contributed by atoms with van der Waals surface area (Å²) in [5, 5.41) is 2.70. The largest absolute Gasteiger partial charge is 0.352 e. The van der Waals surface area contributed by atoms with Crippen LogP contribution in [0.3, 0.4) is 0 Å². The third-order valence-electron chi connectivity index (χ3n) is 3.04. The summed E-state index contributed by atoms with van der Waals surface area (Å²) in [7, 11) is 0.727. The summed E-state index contributed by atoms with van der Waals surface area (Å²) in [6, 6.07) is 5.76. The van der Waals surface area contributed by atoms with Gasteiger partial charge in [-0.2, -0.15) is 0 Å². The Morgan fingerprint density at radius 2 is 1.78 bits per heavy atom. The minimum absolute atomic E-state index is 0.0143. The monoisotopic (exact) mass is 341 g/mol. The summed E-state index contributed by atoms with van der Waals surface area (Å²) in [6.45, 7) is 3.56. The Morgan fingerprint density at radius 3 is 2.30 bits per heavy atom. The van der Waals surface area contributed by atoms with Crippen LogP contribution in [0.2, 0.25) is 0 Å². The first-order valence-electron chi connectivity index (χ1n) is 7.13. The zero-order valence-corrected chi connectivity index (χ0v) is 14.8. The third kappa shape index (κ3) is 5.04. The molecule has 0 unspecified atom stereocenters. The number of sulfonamides is 1. The maximum absolute atomic E-state index is 12.4. The molecule has 0 aliphatic heterocycles. The molecule has 0 bridgehead atoms. The molecule has 0 spiro atoms. The van der Waals surface area contributed by atoms with Crippen molar-refractivity contribution in [3.05, 3.63) is 29.8 Å². The molecule has 0 atom stereocenters. The molecular weight excluding hydrogens is 318 g/mol. The van der Waals surface area contributed by atoms with Crippen LogP contribution in [0.5, 0.6) is 0 Å². The molecule has 8 heteroatoms. The van der Waals surface area contributed by atoms with Gasteiger partial charge < -0.3 is 10.2 Å². The second kappa shape index (κ2) is 7.56. The number of amides is 2. The van der Waals surface area contributed by atoms with Gasteiger partial charge in [0.2, 0.25) is 15.9 Å². The van der Waals surface area contributed by atoms with E-state index >= 15 is 0 Å². The van der Waals surface area contributed by atoms with E-state index in [2.05, 4.69) is 5.32 Å². The van der Waals surface area contributed by atoms with E-state index in [1.54, 1.807) is 0 Å². The summed E-state index contributed by atoms with van der Waals surface area (Å²) in [6.07, 6.45) is 0. The number of carbonyl (C=O) groups is 2. The lowest BCUT2D eigenvalue weighted by Gasteiger charge is -2.18. The fourth-order valence-corrected chi connectivity index (χ4v) is 2.82. The van der Waals surface area contributed by atoms with Gasteiger partial charge in [0.1, 0.15) is 0 Å². The van der Waals surface area contributed by atoms with E-state index in [1.807, 2.05) is 13.8 Å². The number of nitrogens with zero attached hydrogens (tertiary/aromatic N) is 2. The number of benzene rings is 1. The second-order valence-electron chi connectivity index (χ2n) is 5.70. The second-order valence-corrected chi connectivity index (χ2v) is 7.85. The molecule has 0 fully saturated rings. The Morgan fingerprint density at radius 1 is 1.17 bits per heavy atom. The van der Waals surface area contributed by atoms with Gasteiger partial charge >= 0.3 is 0 Å². The highest BCUT2D eigenvalue weighted by atomic mass is 32.2. The van der Waals surface area contributed by atoms with E-state index in [4.69, 9.17) is 0 Å². The van der Waals surface area contributed by atoms with Crippen molar-refractivity contribution in [1.29, 1.82) is 0 Å². The van der Waals surface area contributed by atoms with E-state index in [0.29, 0.717) is 0 Å². The molecule has 0 saturated carbocycles. The van der Waals surface area contributed by atoms with Crippen molar-refractivity contribution >= 4 is 21.8 Å². The number of hydrogen-bond acceptors (Lipinski definition) is 4. The minimum atomic E-state index is -3.61. The maximum Gasteiger partial charge on any atom is 0.254 e. The van der Waals surface area contributed by atoms with Gasteiger partial charge in [-0.25, -0.2) is 12.7 Å². The molecule has 0 saturated heterocycles. The predicted molar refractivity (Wildman–Crippen MR) is 87.6 cm³/mol. The standard InChI is InChI=1S/C15H23N3O4S/c1-11(2)16-14(19)10-18(5)15(20)12-7-6-8-13(9-12)23(21,22)17(3)4/h6-9,11H,10H2,1-5H3,(H,16,19). The average Bonchev–Trinajstić information content (AvgIpc) is 2.45. The lowest BCUT2D eigenvalue weighted by Crippen LogP contribution is -2.40. The highest BCUT2D eigenvalue weighted by Gasteiger charge is 2.20. The van der Waals surface area contributed by atoms with Gasteiger partial charge in [-0.3, -0.25) is 9.59 Å². The average molecular weight is 341 g/mol. The van der Waals surface area contributed by atoms with Gasteiger partial charge in [-0.1, -0.05) is 6.07 Å². The van der Waals surface area contributed by atoms with Crippen LogP contribution in [0.25, 0.3) is 0 Å². The van der Waals surface area contributed by atoms with E-state index in [0.717, 1.165) is 4.31 Å². The number of hydrogen-bond donors (Lipinski definition) is 1. The van der Waals surface area contributed by atoms with Crippen LogP contribution in [0.4, 0.5) is 0 Å². The Kier molecular flexibility index (Phi) is 6.28. The fraction of sp³-hybridized carbons (Fsp3) is 0.467. The first-order valence-corrected chi connectivity index (χ1v) is 8.57. The molecule has 0 aliphatic carbocycles. The molecule has 0 radical (unpaired) electrons. The van der Waals surface area contributed by atoms with Crippen molar-refractivity contribution < 1.29 is 18.0 Å². The summed E-state index contributed by atoms with van der Waals surface area (Å²) in [5.41, 5.74) is 0.216. The van der Waals surface area contributed by atoms with Crippen molar-refractivity contribution in [2.45, 2.75) is 24.8 Å². The van der Waals surface area contributed by atoms with Crippen LogP contribution in [-0.4, -0.2) is 63.2 Å². The summed E-state index contributed by atoms with van der Waals surface area (Å²) in [5.74, 6) is -0.687. The number of carbonyl (C=O) groups excluding carboxylic acids is 2. The van der Waals surface area contributed by atoms with Crippen LogP contribution in [-0.2, 0) is 14.8 Å². The van der Waals surface area contributed by atoms with Crippen LogP contribution in [0.1, 0.15) is 24.2 Å². The minimum Gasteiger partial charge on any atom is -0.352 e. The Labute approximate surface area is 137 Å². The van der Waals surface area contributed by atoms with Crippen LogP contribution >= 0.6 is 0 Å². The normalized spacial score (nSPS) is 11.6. The van der Waals surface area contributed by atoms with Crippen molar-refractivity contribution in [3.63, 3.8) is 0 Å². The van der Waals surface area contributed by atoms with E-state index in [9.17, 15) is 18.0 Å². The van der Waals surface area contributed by atoms with Gasteiger partial charge in [-0.05, 0) is 32.0 Å². The number of nitrogens with one attached hydrogen (secondary N) is 1. The molecule has 1 aromatic carbocycles. The highest BCUT2D eigenvalue weighted by Crippen LogP contribution is 2.15. The molecule has 0 aliphatic rings. The van der Waals surface area contributed by atoms with Crippen LogP contribution in [0, 0.1) is 0 Å². The zero-order chi connectivity index (χ0) is 17.8. The van der Waals surface area contributed by atoms with Gasteiger partial charge in [0.25, 0.3) is 5.91 Å². The van der Waals surface area contributed by atoms with Crippen molar-refractivity contribution in [2.24, 2.45) is 0 Å².